The third-order valence-electron chi connectivity index (χ3n) is 1.89. The van der Waals surface area contributed by atoms with Crippen molar-refractivity contribution < 1.29 is 22.4 Å². The number of ether oxygens (including phenoxy) is 1. The minimum Gasteiger partial charge on any atom is -0.368 e. The molecule has 1 N–H and O–H groups in total. The van der Waals surface area contributed by atoms with Crippen molar-refractivity contribution in [2.24, 2.45) is 0 Å². The van der Waals surface area contributed by atoms with Crippen LogP contribution in [0.4, 0.5) is 0 Å². The fourth-order valence-corrected chi connectivity index (χ4v) is 2.00. The average molecular weight is 210 g/mol. The van der Waals surface area contributed by atoms with Crippen LogP contribution in [0, 0.1) is 0 Å². The fourth-order valence-electron chi connectivity index (χ4n) is 1.30. The van der Waals surface area contributed by atoms with Gasteiger partial charge in [-0.2, -0.15) is 8.42 Å². The zero-order valence-electron chi connectivity index (χ0n) is 7.63. The lowest BCUT2D eigenvalue weighted by Crippen LogP contribution is -2.39. The first-order chi connectivity index (χ1) is 5.88. The molecule has 0 unspecified atom stereocenters. The molecule has 0 radical (unpaired) electrons. The lowest BCUT2D eigenvalue weighted by atomic mass is 10.1. The fraction of sp³-hybridized carbons (Fsp3) is 1.00. The van der Waals surface area contributed by atoms with E-state index in [2.05, 4.69) is 0 Å². The third kappa shape index (κ3) is 3.60. The van der Waals surface area contributed by atoms with Crippen LogP contribution in [0.1, 0.15) is 19.8 Å². The summed E-state index contributed by atoms with van der Waals surface area (Å²) in [5, 5.41) is 9.07. The van der Waals surface area contributed by atoms with E-state index in [1.54, 1.807) is 6.92 Å². The highest BCUT2D eigenvalue weighted by Crippen LogP contribution is 2.21. The Balaban J connectivity index is 2.52. The molecule has 0 amide bonds. The highest BCUT2D eigenvalue weighted by Gasteiger charge is 2.30. The molecular formula is C7H14O5S. The summed E-state index contributed by atoms with van der Waals surface area (Å²) in [4.78, 5) is 0. The number of hydrogen-bond acceptors (Lipinski definition) is 5. The van der Waals surface area contributed by atoms with E-state index >= 15 is 0 Å². The molecule has 6 heteroatoms. The molecular weight excluding hydrogens is 196 g/mol. The summed E-state index contributed by atoms with van der Waals surface area (Å²) in [6.45, 7) is 1.68. The normalized spacial score (nSPS) is 36.1. The maximum Gasteiger partial charge on any atom is 0.264 e. The second-order valence-electron chi connectivity index (χ2n) is 3.21. The first kappa shape index (κ1) is 10.9. The molecule has 1 aliphatic rings. The molecule has 0 aliphatic carbocycles. The van der Waals surface area contributed by atoms with Crippen LogP contribution in [0.5, 0.6) is 0 Å². The van der Waals surface area contributed by atoms with Crippen molar-refractivity contribution in [2.75, 3.05) is 6.26 Å². The van der Waals surface area contributed by atoms with Gasteiger partial charge in [-0.1, -0.05) is 0 Å². The summed E-state index contributed by atoms with van der Waals surface area (Å²) in [6, 6.07) is 0. The van der Waals surface area contributed by atoms with Crippen molar-refractivity contribution in [1.82, 2.24) is 0 Å². The molecule has 78 valence electrons. The monoisotopic (exact) mass is 210 g/mol. The standard InChI is InChI=1S/C7H14O5S/c1-5-6(12-13(2,9)10)3-4-7(8)11-5/h5-8H,3-4H2,1-2H3/t5-,6+,7+/m1/s1. The predicted molar refractivity (Wildman–Crippen MR) is 45.5 cm³/mol. The zero-order valence-corrected chi connectivity index (χ0v) is 8.45. The van der Waals surface area contributed by atoms with Gasteiger partial charge in [0, 0.05) is 6.42 Å². The van der Waals surface area contributed by atoms with Crippen molar-refractivity contribution in [1.29, 1.82) is 0 Å². The highest BCUT2D eigenvalue weighted by molar-refractivity contribution is 7.86. The van der Waals surface area contributed by atoms with Gasteiger partial charge in [-0.25, -0.2) is 0 Å². The van der Waals surface area contributed by atoms with E-state index in [1.807, 2.05) is 0 Å². The maximum absolute atomic E-state index is 10.8. The van der Waals surface area contributed by atoms with Crippen molar-refractivity contribution in [3.63, 3.8) is 0 Å². The van der Waals surface area contributed by atoms with Crippen LogP contribution < -0.4 is 0 Å². The average Bonchev–Trinajstić information content (AvgIpc) is 1.93. The first-order valence-electron chi connectivity index (χ1n) is 4.10. The second-order valence-corrected chi connectivity index (χ2v) is 4.81. The zero-order chi connectivity index (χ0) is 10.1. The van der Waals surface area contributed by atoms with E-state index in [0.29, 0.717) is 12.8 Å². The molecule has 1 heterocycles. The summed E-state index contributed by atoms with van der Waals surface area (Å²) in [5.41, 5.74) is 0. The van der Waals surface area contributed by atoms with Crippen LogP contribution in [-0.4, -0.2) is 38.3 Å². The largest absolute Gasteiger partial charge is 0.368 e. The van der Waals surface area contributed by atoms with Gasteiger partial charge in [0.1, 0.15) is 6.10 Å². The smallest absolute Gasteiger partial charge is 0.264 e. The van der Waals surface area contributed by atoms with Crippen LogP contribution in [0.15, 0.2) is 0 Å². The van der Waals surface area contributed by atoms with Crippen molar-refractivity contribution in [3.8, 4) is 0 Å². The number of rotatable bonds is 2. The number of aliphatic hydroxyl groups excluding tert-OH is 1. The highest BCUT2D eigenvalue weighted by atomic mass is 32.2. The van der Waals surface area contributed by atoms with E-state index in [4.69, 9.17) is 14.0 Å². The van der Waals surface area contributed by atoms with Crippen LogP contribution in [-0.2, 0) is 19.0 Å². The molecule has 0 bridgehead atoms. The molecule has 0 saturated carbocycles. The van der Waals surface area contributed by atoms with Gasteiger partial charge in [0.2, 0.25) is 0 Å². The number of hydrogen-bond donors (Lipinski definition) is 1. The van der Waals surface area contributed by atoms with Crippen LogP contribution >= 0.6 is 0 Å². The molecule has 0 aromatic rings. The Labute approximate surface area is 77.8 Å². The predicted octanol–water partition coefficient (Wildman–Crippen LogP) is -0.151. The van der Waals surface area contributed by atoms with Gasteiger partial charge in [0.25, 0.3) is 10.1 Å². The molecule has 1 aliphatic heterocycles. The van der Waals surface area contributed by atoms with Gasteiger partial charge in [-0.15, -0.1) is 0 Å². The minimum atomic E-state index is -3.44. The molecule has 1 fully saturated rings. The summed E-state index contributed by atoms with van der Waals surface area (Å²) in [5.74, 6) is 0. The first-order valence-corrected chi connectivity index (χ1v) is 5.92. The molecule has 1 saturated heterocycles. The summed E-state index contributed by atoms with van der Waals surface area (Å²) >= 11 is 0. The molecule has 1 rings (SSSR count). The van der Waals surface area contributed by atoms with Gasteiger partial charge in [-0.3, -0.25) is 4.18 Å². The lowest BCUT2D eigenvalue weighted by Gasteiger charge is -2.30. The van der Waals surface area contributed by atoms with Crippen LogP contribution in [0.3, 0.4) is 0 Å². The Kier molecular flexibility index (Phi) is 3.28. The van der Waals surface area contributed by atoms with E-state index in [-0.39, 0.29) is 0 Å². The topological polar surface area (TPSA) is 72.8 Å². The Morgan fingerprint density at radius 1 is 1.46 bits per heavy atom. The van der Waals surface area contributed by atoms with E-state index in [0.717, 1.165) is 6.26 Å². The molecule has 0 aromatic heterocycles. The van der Waals surface area contributed by atoms with E-state index < -0.39 is 28.6 Å². The SMILES string of the molecule is C[C@H]1O[C@H](O)CC[C@@H]1OS(C)(=O)=O. The minimum absolute atomic E-state index is 0.390. The van der Waals surface area contributed by atoms with E-state index in [9.17, 15) is 8.42 Å². The summed E-state index contributed by atoms with van der Waals surface area (Å²) < 4.78 is 31.4. The summed E-state index contributed by atoms with van der Waals surface area (Å²) in [6.07, 6.45) is 0.247. The molecule has 0 aromatic carbocycles. The van der Waals surface area contributed by atoms with E-state index in [1.165, 1.54) is 0 Å². The summed E-state index contributed by atoms with van der Waals surface area (Å²) in [7, 11) is -3.44. The van der Waals surface area contributed by atoms with Crippen LogP contribution in [0.2, 0.25) is 0 Å². The van der Waals surface area contributed by atoms with Crippen LogP contribution in [0.25, 0.3) is 0 Å². The molecule has 13 heavy (non-hydrogen) atoms. The van der Waals surface area contributed by atoms with Gasteiger partial charge in [0.05, 0.1) is 12.4 Å². The van der Waals surface area contributed by atoms with Crippen molar-refractivity contribution in [3.05, 3.63) is 0 Å². The van der Waals surface area contributed by atoms with Gasteiger partial charge < -0.3 is 9.84 Å². The molecule has 5 nitrogen and oxygen atoms in total. The molecule has 3 atom stereocenters. The number of aliphatic hydroxyl groups is 1. The second kappa shape index (κ2) is 3.91. The van der Waals surface area contributed by atoms with Gasteiger partial charge in [-0.05, 0) is 13.3 Å². The molecule has 0 spiro atoms. The Bertz CT molecular complexity index is 260. The van der Waals surface area contributed by atoms with Gasteiger partial charge >= 0.3 is 0 Å². The Morgan fingerprint density at radius 3 is 2.54 bits per heavy atom. The lowest BCUT2D eigenvalue weighted by molar-refractivity contribution is -0.186. The van der Waals surface area contributed by atoms with Crippen molar-refractivity contribution >= 4 is 10.1 Å². The Morgan fingerprint density at radius 2 is 2.08 bits per heavy atom. The van der Waals surface area contributed by atoms with Crippen molar-refractivity contribution in [2.45, 2.75) is 38.3 Å². The maximum atomic E-state index is 10.8. The Hall–Kier alpha value is -0.170. The quantitative estimate of drug-likeness (QED) is 0.642. The van der Waals surface area contributed by atoms with Gasteiger partial charge in [0.15, 0.2) is 6.29 Å². The third-order valence-corrected chi connectivity index (χ3v) is 2.49.